The number of hydrogen-bond acceptors (Lipinski definition) is 4. The molecule has 1 atom stereocenters. The molecule has 1 aliphatic carbocycles. The Balaban J connectivity index is 1.52. The molecule has 1 heterocycles. The van der Waals surface area contributed by atoms with Crippen molar-refractivity contribution in [2.24, 2.45) is 5.92 Å². The zero-order valence-electron chi connectivity index (χ0n) is 19.9. The molecule has 0 aliphatic heterocycles. The van der Waals surface area contributed by atoms with Crippen LogP contribution in [0.5, 0.6) is 11.5 Å². The van der Waals surface area contributed by atoms with Crippen LogP contribution >= 0.6 is 0 Å². The lowest BCUT2D eigenvalue weighted by molar-refractivity contribution is -0.129. The van der Waals surface area contributed by atoms with Crippen molar-refractivity contribution >= 4 is 22.7 Å². The third-order valence-electron chi connectivity index (χ3n) is 6.71. The standard InChI is InChI=1S/C27H33N3O4/c1-33-24-14-8-12-20(26(24)34-2)22(21-15-28-23-13-7-6-11-19(21)23)16-29-25(31)17-30-27(32)18-9-4-3-5-10-18/h6-8,11-15,18,22,28H,3-5,9-10,16-17H2,1-2H3,(H,29,31)(H,30,32)/t22-/m1/s1. The third kappa shape index (κ3) is 5.19. The molecule has 0 bridgehead atoms. The average molecular weight is 464 g/mol. The fraction of sp³-hybridized carbons (Fsp3) is 0.407. The Kier molecular flexibility index (Phi) is 7.72. The fourth-order valence-corrected chi connectivity index (χ4v) is 4.91. The summed E-state index contributed by atoms with van der Waals surface area (Å²) in [6.45, 7) is 0.328. The maximum absolute atomic E-state index is 12.7. The number of hydrogen-bond donors (Lipinski definition) is 3. The molecule has 1 aliphatic rings. The van der Waals surface area contributed by atoms with E-state index in [1.54, 1.807) is 14.2 Å². The van der Waals surface area contributed by atoms with Gasteiger partial charge in [-0.2, -0.15) is 0 Å². The van der Waals surface area contributed by atoms with E-state index in [9.17, 15) is 9.59 Å². The lowest BCUT2D eigenvalue weighted by Crippen LogP contribution is -2.41. The molecule has 1 fully saturated rings. The van der Waals surface area contributed by atoms with Crippen LogP contribution in [0, 0.1) is 5.92 Å². The van der Waals surface area contributed by atoms with Crippen molar-refractivity contribution in [2.75, 3.05) is 27.3 Å². The second-order valence-corrected chi connectivity index (χ2v) is 8.78. The Morgan fingerprint density at radius 1 is 0.971 bits per heavy atom. The van der Waals surface area contributed by atoms with Crippen molar-refractivity contribution in [3.8, 4) is 11.5 Å². The molecule has 3 N–H and O–H groups in total. The molecule has 3 aromatic rings. The van der Waals surface area contributed by atoms with Crippen molar-refractivity contribution in [2.45, 2.75) is 38.0 Å². The van der Waals surface area contributed by atoms with Gasteiger partial charge in [0.2, 0.25) is 11.8 Å². The molecule has 7 heteroatoms. The first-order valence-electron chi connectivity index (χ1n) is 11.9. The maximum atomic E-state index is 12.7. The molecular formula is C27H33N3O4. The lowest BCUT2D eigenvalue weighted by atomic mass is 9.89. The van der Waals surface area contributed by atoms with Crippen LogP contribution in [0.3, 0.4) is 0 Å². The zero-order valence-corrected chi connectivity index (χ0v) is 19.9. The van der Waals surface area contributed by atoms with Crippen molar-refractivity contribution in [1.29, 1.82) is 0 Å². The van der Waals surface area contributed by atoms with Crippen LogP contribution in [0.25, 0.3) is 10.9 Å². The Morgan fingerprint density at radius 2 is 1.76 bits per heavy atom. The van der Waals surface area contributed by atoms with Crippen LogP contribution in [0.15, 0.2) is 48.7 Å². The number of aromatic nitrogens is 1. The number of H-pyrrole nitrogens is 1. The van der Waals surface area contributed by atoms with Gasteiger partial charge in [0.25, 0.3) is 0 Å². The van der Waals surface area contributed by atoms with Crippen LogP contribution in [-0.2, 0) is 9.59 Å². The van der Waals surface area contributed by atoms with Crippen LogP contribution in [-0.4, -0.2) is 44.1 Å². The number of benzene rings is 2. The predicted molar refractivity (Wildman–Crippen MR) is 132 cm³/mol. The molecule has 4 rings (SSSR count). The van der Waals surface area contributed by atoms with Gasteiger partial charge in [-0.15, -0.1) is 0 Å². The van der Waals surface area contributed by atoms with Crippen molar-refractivity contribution < 1.29 is 19.1 Å². The van der Waals surface area contributed by atoms with Crippen LogP contribution in [0.1, 0.15) is 49.1 Å². The summed E-state index contributed by atoms with van der Waals surface area (Å²) in [4.78, 5) is 28.4. The Morgan fingerprint density at radius 3 is 2.53 bits per heavy atom. The van der Waals surface area contributed by atoms with E-state index in [1.165, 1.54) is 6.42 Å². The summed E-state index contributed by atoms with van der Waals surface area (Å²) in [6, 6.07) is 13.8. The van der Waals surface area contributed by atoms with E-state index >= 15 is 0 Å². The number of aromatic amines is 1. The molecule has 34 heavy (non-hydrogen) atoms. The number of nitrogens with one attached hydrogen (secondary N) is 3. The summed E-state index contributed by atoms with van der Waals surface area (Å²) >= 11 is 0. The van der Waals surface area contributed by atoms with E-state index in [0.29, 0.717) is 18.0 Å². The number of ether oxygens (including phenoxy) is 2. The fourth-order valence-electron chi connectivity index (χ4n) is 4.91. The largest absolute Gasteiger partial charge is 0.493 e. The second kappa shape index (κ2) is 11.1. The van der Waals surface area contributed by atoms with E-state index in [1.807, 2.05) is 42.6 Å². The van der Waals surface area contributed by atoms with E-state index in [2.05, 4.69) is 21.7 Å². The summed E-state index contributed by atoms with van der Waals surface area (Å²) in [5.74, 6) is 0.894. The van der Waals surface area contributed by atoms with E-state index in [0.717, 1.165) is 47.7 Å². The maximum Gasteiger partial charge on any atom is 0.239 e. The van der Waals surface area contributed by atoms with Gasteiger partial charge in [-0.1, -0.05) is 49.6 Å². The van der Waals surface area contributed by atoms with Gasteiger partial charge < -0.3 is 25.1 Å². The minimum atomic E-state index is -0.212. The predicted octanol–water partition coefficient (Wildman–Crippen LogP) is 4.13. The molecule has 1 aromatic heterocycles. The molecule has 0 radical (unpaired) electrons. The van der Waals surface area contributed by atoms with Crippen LogP contribution < -0.4 is 20.1 Å². The van der Waals surface area contributed by atoms with Crippen molar-refractivity contribution in [3.63, 3.8) is 0 Å². The number of carbonyl (C=O) groups is 2. The van der Waals surface area contributed by atoms with Gasteiger partial charge in [0, 0.05) is 41.0 Å². The van der Waals surface area contributed by atoms with Gasteiger partial charge >= 0.3 is 0 Å². The Bertz CT molecular complexity index is 1130. The van der Waals surface area contributed by atoms with Gasteiger partial charge in [-0.25, -0.2) is 0 Å². The first-order valence-corrected chi connectivity index (χ1v) is 11.9. The van der Waals surface area contributed by atoms with Gasteiger partial charge in [0.1, 0.15) is 0 Å². The van der Waals surface area contributed by atoms with Crippen LogP contribution in [0.2, 0.25) is 0 Å². The number of methoxy groups -OCH3 is 2. The highest BCUT2D eigenvalue weighted by atomic mass is 16.5. The highest BCUT2D eigenvalue weighted by Gasteiger charge is 2.25. The number of carbonyl (C=O) groups excluding carboxylic acids is 2. The molecule has 7 nitrogen and oxygen atoms in total. The summed E-state index contributed by atoms with van der Waals surface area (Å²) in [5.41, 5.74) is 2.99. The monoisotopic (exact) mass is 463 g/mol. The molecule has 180 valence electrons. The molecule has 0 unspecified atom stereocenters. The van der Waals surface area contributed by atoms with Crippen LogP contribution in [0.4, 0.5) is 0 Å². The molecule has 2 aromatic carbocycles. The van der Waals surface area contributed by atoms with Gasteiger partial charge in [0.05, 0.1) is 20.8 Å². The highest BCUT2D eigenvalue weighted by Crippen LogP contribution is 2.40. The average Bonchev–Trinajstić information content (AvgIpc) is 3.31. The minimum Gasteiger partial charge on any atom is -0.493 e. The number of para-hydroxylation sites is 2. The zero-order chi connectivity index (χ0) is 23.9. The first kappa shape index (κ1) is 23.7. The molecule has 2 amide bonds. The Hall–Kier alpha value is -3.48. The summed E-state index contributed by atoms with van der Waals surface area (Å²) in [5, 5.41) is 6.92. The van der Waals surface area contributed by atoms with Gasteiger partial charge in [-0.05, 0) is 30.5 Å². The van der Waals surface area contributed by atoms with Gasteiger partial charge in [-0.3, -0.25) is 9.59 Å². The smallest absolute Gasteiger partial charge is 0.239 e. The quantitative estimate of drug-likeness (QED) is 0.445. The molecule has 0 saturated heterocycles. The van der Waals surface area contributed by atoms with E-state index in [-0.39, 0.29) is 30.2 Å². The molecule has 0 spiro atoms. The van der Waals surface area contributed by atoms with Crippen molar-refractivity contribution in [3.05, 3.63) is 59.8 Å². The van der Waals surface area contributed by atoms with E-state index < -0.39 is 0 Å². The molecule has 1 saturated carbocycles. The lowest BCUT2D eigenvalue weighted by Gasteiger charge is -2.22. The summed E-state index contributed by atoms with van der Waals surface area (Å²) in [6.07, 6.45) is 7.15. The van der Waals surface area contributed by atoms with E-state index in [4.69, 9.17) is 9.47 Å². The minimum absolute atomic E-state index is 0.0162. The van der Waals surface area contributed by atoms with Gasteiger partial charge in [0.15, 0.2) is 11.5 Å². The molecular weight excluding hydrogens is 430 g/mol. The topological polar surface area (TPSA) is 92.5 Å². The second-order valence-electron chi connectivity index (χ2n) is 8.78. The number of rotatable bonds is 9. The number of amides is 2. The summed E-state index contributed by atoms with van der Waals surface area (Å²) in [7, 11) is 3.23. The normalized spacial score (nSPS) is 15.0. The number of fused-ring (bicyclic) bond motifs is 1. The highest BCUT2D eigenvalue weighted by molar-refractivity contribution is 5.86. The Labute approximate surface area is 200 Å². The van der Waals surface area contributed by atoms with Crippen molar-refractivity contribution in [1.82, 2.24) is 15.6 Å². The summed E-state index contributed by atoms with van der Waals surface area (Å²) < 4.78 is 11.2. The SMILES string of the molecule is COc1cccc([C@@H](CNC(=O)CNC(=O)C2CCCCC2)c2c[nH]c3ccccc23)c1OC. The first-order chi connectivity index (χ1) is 16.6. The third-order valence-corrected chi connectivity index (χ3v) is 6.71.